The van der Waals surface area contributed by atoms with Crippen LogP contribution in [0.25, 0.3) is 0 Å². The Balaban J connectivity index is 2.40. The van der Waals surface area contributed by atoms with Crippen LogP contribution in [0.3, 0.4) is 0 Å². The summed E-state index contributed by atoms with van der Waals surface area (Å²) >= 11 is 0. The minimum atomic E-state index is -0.700. The van der Waals surface area contributed by atoms with E-state index in [2.05, 4.69) is 32.9 Å². The van der Waals surface area contributed by atoms with Gasteiger partial charge in [0.15, 0.2) is 0 Å². The van der Waals surface area contributed by atoms with Crippen molar-refractivity contribution in [3.05, 3.63) is 35.9 Å². The highest BCUT2D eigenvalue weighted by Gasteiger charge is 2.47. The Morgan fingerprint density at radius 3 is 2.00 bits per heavy atom. The third-order valence-corrected chi connectivity index (χ3v) is 4.55. The largest absolute Gasteiger partial charge is 0.384 e. The van der Waals surface area contributed by atoms with E-state index in [-0.39, 0.29) is 5.41 Å². The standard InChI is InChI=1S/C17H26O/c1-16(2,3)17(18,14-10-6-4-7-11-14)15-12-8-5-9-13-15/h4,6-7,10-11,15,18H,5,8-9,12-13H2,1-3H3. The van der Waals surface area contributed by atoms with E-state index in [4.69, 9.17) is 0 Å². The Labute approximate surface area is 111 Å². The maximum Gasteiger partial charge on any atom is 0.0972 e. The molecule has 0 bridgehead atoms. The van der Waals surface area contributed by atoms with Crippen molar-refractivity contribution in [2.75, 3.05) is 0 Å². The van der Waals surface area contributed by atoms with Gasteiger partial charge >= 0.3 is 0 Å². The molecule has 0 aromatic heterocycles. The second-order valence-corrected chi connectivity index (χ2v) is 6.72. The van der Waals surface area contributed by atoms with Gasteiger partial charge in [0.1, 0.15) is 0 Å². The highest BCUT2D eigenvalue weighted by atomic mass is 16.3. The molecule has 18 heavy (non-hydrogen) atoms. The first-order valence-corrected chi connectivity index (χ1v) is 7.24. The lowest BCUT2D eigenvalue weighted by atomic mass is 9.62. The fraction of sp³-hybridized carbons (Fsp3) is 0.647. The lowest BCUT2D eigenvalue weighted by molar-refractivity contribution is -0.122. The fourth-order valence-electron chi connectivity index (χ4n) is 3.49. The maximum atomic E-state index is 11.4. The average Bonchev–Trinajstić information content (AvgIpc) is 2.38. The smallest absolute Gasteiger partial charge is 0.0972 e. The molecular formula is C17H26O. The van der Waals surface area contributed by atoms with Crippen LogP contribution in [0.15, 0.2) is 30.3 Å². The highest BCUT2D eigenvalue weighted by molar-refractivity contribution is 5.26. The first-order chi connectivity index (χ1) is 8.46. The van der Waals surface area contributed by atoms with E-state index in [0.717, 1.165) is 18.4 Å². The molecule has 1 aromatic carbocycles. The molecule has 0 spiro atoms. The van der Waals surface area contributed by atoms with E-state index in [1.54, 1.807) is 0 Å². The predicted octanol–water partition coefficient (Wildman–Crippen LogP) is 4.50. The van der Waals surface area contributed by atoms with E-state index < -0.39 is 5.60 Å². The summed E-state index contributed by atoms with van der Waals surface area (Å²) in [7, 11) is 0. The Kier molecular flexibility index (Phi) is 3.82. The molecule has 1 atom stereocenters. The van der Waals surface area contributed by atoms with E-state index in [9.17, 15) is 5.11 Å². The molecular weight excluding hydrogens is 220 g/mol. The molecule has 1 fully saturated rings. The summed E-state index contributed by atoms with van der Waals surface area (Å²) in [4.78, 5) is 0. The molecule has 1 saturated carbocycles. The summed E-state index contributed by atoms with van der Waals surface area (Å²) in [6, 6.07) is 10.3. The number of benzene rings is 1. The molecule has 0 saturated heterocycles. The van der Waals surface area contributed by atoms with Crippen LogP contribution in [0.1, 0.15) is 58.4 Å². The quantitative estimate of drug-likeness (QED) is 0.814. The van der Waals surface area contributed by atoms with Crippen molar-refractivity contribution in [1.29, 1.82) is 0 Å². The number of hydrogen-bond acceptors (Lipinski definition) is 1. The number of aliphatic hydroxyl groups is 1. The number of rotatable bonds is 2. The Morgan fingerprint density at radius 2 is 1.50 bits per heavy atom. The Bertz CT molecular complexity index is 370. The van der Waals surface area contributed by atoms with Gasteiger partial charge in [-0.15, -0.1) is 0 Å². The van der Waals surface area contributed by atoms with Gasteiger partial charge < -0.3 is 5.11 Å². The van der Waals surface area contributed by atoms with E-state index in [0.29, 0.717) is 5.92 Å². The first-order valence-electron chi connectivity index (χ1n) is 7.24. The van der Waals surface area contributed by atoms with Crippen LogP contribution >= 0.6 is 0 Å². The van der Waals surface area contributed by atoms with Gasteiger partial charge in [0.05, 0.1) is 5.60 Å². The van der Waals surface area contributed by atoms with E-state index in [1.165, 1.54) is 19.3 Å². The lowest BCUT2D eigenvalue weighted by Crippen LogP contribution is -2.47. The van der Waals surface area contributed by atoms with Gasteiger partial charge in [-0.25, -0.2) is 0 Å². The monoisotopic (exact) mass is 246 g/mol. The minimum Gasteiger partial charge on any atom is -0.384 e. The highest BCUT2D eigenvalue weighted by Crippen LogP contribution is 2.49. The third-order valence-electron chi connectivity index (χ3n) is 4.55. The van der Waals surface area contributed by atoms with E-state index >= 15 is 0 Å². The zero-order chi connectivity index (χ0) is 13.2. The number of hydrogen-bond donors (Lipinski definition) is 1. The van der Waals surface area contributed by atoms with Gasteiger partial charge in [0.2, 0.25) is 0 Å². The van der Waals surface area contributed by atoms with Crippen molar-refractivity contribution in [2.45, 2.75) is 58.5 Å². The minimum absolute atomic E-state index is 0.129. The van der Waals surface area contributed by atoms with Gasteiger partial charge in [0, 0.05) is 0 Å². The van der Waals surface area contributed by atoms with Crippen LogP contribution in [0.5, 0.6) is 0 Å². The molecule has 2 rings (SSSR count). The summed E-state index contributed by atoms with van der Waals surface area (Å²) in [6.07, 6.45) is 6.16. The molecule has 0 heterocycles. The molecule has 1 unspecified atom stereocenters. The molecule has 1 aliphatic rings. The van der Waals surface area contributed by atoms with Gasteiger partial charge in [0.25, 0.3) is 0 Å². The average molecular weight is 246 g/mol. The zero-order valence-electron chi connectivity index (χ0n) is 11.9. The van der Waals surface area contributed by atoms with Gasteiger partial charge in [-0.1, -0.05) is 70.4 Å². The van der Waals surface area contributed by atoms with Gasteiger partial charge in [-0.3, -0.25) is 0 Å². The molecule has 1 N–H and O–H groups in total. The van der Waals surface area contributed by atoms with Crippen molar-refractivity contribution < 1.29 is 5.11 Å². The van der Waals surface area contributed by atoms with Crippen molar-refractivity contribution in [3.8, 4) is 0 Å². The summed E-state index contributed by atoms with van der Waals surface area (Å²) in [6.45, 7) is 6.48. The second kappa shape index (κ2) is 5.05. The molecule has 0 amide bonds. The molecule has 1 aliphatic carbocycles. The molecule has 1 nitrogen and oxygen atoms in total. The van der Waals surface area contributed by atoms with Gasteiger partial charge in [-0.05, 0) is 29.7 Å². The maximum absolute atomic E-state index is 11.4. The van der Waals surface area contributed by atoms with Crippen LogP contribution in [-0.4, -0.2) is 5.11 Å². The van der Waals surface area contributed by atoms with Crippen molar-refractivity contribution in [1.82, 2.24) is 0 Å². The normalized spacial score (nSPS) is 21.6. The second-order valence-electron chi connectivity index (χ2n) is 6.72. The Morgan fingerprint density at radius 1 is 0.944 bits per heavy atom. The van der Waals surface area contributed by atoms with Crippen LogP contribution in [-0.2, 0) is 5.60 Å². The topological polar surface area (TPSA) is 20.2 Å². The molecule has 1 aromatic rings. The molecule has 0 radical (unpaired) electrons. The van der Waals surface area contributed by atoms with Crippen LogP contribution in [0.2, 0.25) is 0 Å². The van der Waals surface area contributed by atoms with Crippen LogP contribution < -0.4 is 0 Å². The third kappa shape index (κ3) is 2.33. The summed E-state index contributed by atoms with van der Waals surface area (Å²) in [5.74, 6) is 0.397. The van der Waals surface area contributed by atoms with Crippen LogP contribution in [0, 0.1) is 11.3 Å². The van der Waals surface area contributed by atoms with Crippen molar-refractivity contribution in [2.24, 2.45) is 11.3 Å². The summed E-state index contributed by atoms with van der Waals surface area (Å²) in [5.41, 5.74) is 0.259. The molecule has 0 aliphatic heterocycles. The lowest BCUT2D eigenvalue weighted by Gasteiger charge is -2.48. The molecule has 100 valence electrons. The SMILES string of the molecule is CC(C)(C)C(O)(c1ccccc1)C1CCCCC1. The summed E-state index contributed by atoms with van der Waals surface area (Å²) < 4.78 is 0. The first kappa shape index (κ1) is 13.6. The fourth-order valence-corrected chi connectivity index (χ4v) is 3.49. The predicted molar refractivity (Wildman–Crippen MR) is 76.4 cm³/mol. The molecule has 1 heteroatoms. The Hall–Kier alpha value is -0.820. The van der Waals surface area contributed by atoms with Crippen LogP contribution in [0.4, 0.5) is 0 Å². The van der Waals surface area contributed by atoms with Crippen molar-refractivity contribution in [3.63, 3.8) is 0 Å². The van der Waals surface area contributed by atoms with Gasteiger partial charge in [-0.2, -0.15) is 0 Å². The van der Waals surface area contributed by atoms with Crippen molar-refractivity contribution >= 4 is 0 Å². The van der Waals surface area contributed by atoms with E-state index in [1.807, 2.05) is 18.2 Å². The summed E-state index contributed by atoms with van der Waals surface area (Å²) in [5, 5.41) is 11.4. The zero-order valence-corrected chi connectivity index (χ0v) is 11.9.